The molecular formula is C17H15ClF4N4OS. The van der Waals surface area contributed by atoms with Gasteiger partial charge in [-0.3, -0.25) is 4.79 Å². The molecule has 2 aliphatic rings. The Hall–Kier alpha value is -2.07. The summed E-state index contributed by atoms with van der Waals surface area (Å²) in [5.41, 5.74) is 0.424. The maximum Gasteiger partial charge on any atom is 0.441 e. The number of halogens is 5. The first-order valence-corrected chi connectivity index (χ1v) is 9.40. The number of benzene rings is 1. The highest BCUT2D eigenvalue weighted by atomic mass is 35.5. The number of carbonyl (C=O) groups is 1. The van der Waals surface area contributed by atoms with Crippen molar-refractivity contribution in [3.8, 4) is 0 Å². The van der Waals surface area contributed by atoms with Gasteiger partial charge in [-0.2, -0.15) is 18.3 Å². The molecule has 5 nitrogen and oxygen atoms in total. The largest absolute Gasteiger partial charge is 0.441 e. The van der Waals surface area contributed by atoms with Crippen LogP contribution in [0.4, 0.5) is 17.6 Å². The van der Waals surface area contributed by atoms with E-state index in [1.54, 1.807) is 13.8 Å². The summed E-state index contributed by atoms with van der Waals surface area (Å²) in [6.45, 7) is 3.56. The van der Waals surface area contributed by atoms with Gasteiger partial charge < -0.3 is 5.32 Å². The average molecular weight is 435 g/mol. The van der Waals surface area contributed by atoms with E-state index < -0.39 is 35.0 Å². The van der Waals surface area contributed by atoms with Crippen LogP contribution in [-0.4, -0.2) is 39.4 Å². The SMILES string of the molecule is CC(C)NC(=O)/C=C/C1C(c2ccc(F)cc2Cl)N=C2SC(C(F)(F)F)=NN21. The first kappa shape index (κ1) is 20.7. The highest BCUT2D eigenvalue weighted by molar-refractivity contribution is 8.27. The van der Waals surface area contributed by atoms with E-state index in [9.17, 15) is 22.4 Å². The molecule has 2 aliphatic heterocycles. The lowest BCUT2D eigenvalue weighted by Gasteiger charge is -2.21. The van der Waals surface area contributed by atoms with Gasteiger partial charge in [0.15, 0.2) is 5.17 Å². The standard InChI is InChI=1S/C17H15ClF4N4OS/c1-8(2)23-13(27)6-5-12-14(10-4-3-9(19)7-11(10)18)24-16-26(12)25-15(28-16)17(20,21)22/h3-8,12,14H,1-2H3,(H,23,27)/b6-5+. The number of aliphatic imine (C=N–C) groups is 1. The van der Waals surface area contributed by atoms with Crippen molar-refractivity contribution in [1.29, 1.82) is 0 Å². The van der Waals surface area contributed by atoms with Crippen molar-refractivity contribution in [3.63, 3.8) is 0 Å². The summed E-state index contributed by atoms with van der Waals surface area (Å²) in [4.78, 5) is 16.2. The maximum absolute atomic E-state index is 13.4. The number of carbonyl (C=O) groups excluding carboxylic acids is 1. The zero-order valence-corrected chi connectivity index (χ0v) is 16.2. The molecule has 0 aliphatic carbocycles. The molecule has 0 bridgehead atoms. The van der Waals surface area contributed by atoms with Crippen molar-refractivity contribution in [2.24, 2.45) is 10.1 Å². The number of amides is 1. The summed E-state index contributed by atoms with van der Waals surface area (Å²) in [7, 11) is 0. The van der Waals surface area contributed by atoms with Gasteiger partial charge >= 0.3 is 6.18 Å². The van der Waals surface area contributed by atoms with E-state index in [2.05, 4.69) is 15.4 Å². The smallest absolute Gasteiger partial charge is 0.350 e. The number of fused-ring (bicyclic) bond motifs is 1. The topological polar surface area (TPSA) is 57.1 Å². The van der Waals surface area contributed by atoms with E-state index in [0.29, 0.717) is 17.3 Å². The molecule has 3 rings (SSSR count). The summed E-state index contributed by atoms with van der Waals surface area (Å²) >= 11 is 6.50. The average Bonchev–Trinajstić information content (AvgIpc) is 3.10. The van der Waals surface area contributed by atoms with Gasteiger partial charge in [0.2, 0.25) is 11.0 Å². The van der Waals surface area contributed by atoms with Crippen LogP contribution in [-0.2, 0) is 4.79 Å². The van der Waals surface area contributed by atoms with Crippen molar-refractivity contribution < 1.29 is 22.4 Å². The van der Waals surface area contributed by atoms with Crippen molar-refractivity contribution in [1.82, 2.24) is 10.3 Å². The second kappa shape index (κ2) is 7.75. The van der Waals surface area contributed by atoms with Gasteiger partial charge in [-0.25, -0.2) is 14.4 Å². The normalized spacial score (nSPS) is 21.9. The fourth-order valence-corrected chi connectivity index (χ4v) is 3.84. The lowest BCUT2D eigenvalue weighted by atomic mass is 10.00. The Labute approximate surface area is 167 Å². The van der Waals surface area contributed by atoms with Gasteiger partial charge in [-0.1, -0.05) is 23.7 Å². The Bertz CT molecular complexity index is 884. The van der Waals surface area contributed by atoms with Crippen molar-refractivity contribution in [2.75, 3.05) is 0 Å². The molecule has 28 heavy (non-hydrogen) atoms. The van der Waals surface area contributed by atoms with Gasteiger partial charge in [0, 0.05) is 17.1 Å². The van der Waals surface area contributed by atoms with Crippen LogP contribution in [0.5, 0.6) is 0 Å². The molecule has 2 unspecified atom stereocenters. The maximum atomic E-state index is 13.4. The lowest BCUT2D eigenvalue weighted by molar-refractivity contribution is -0.117. The Balaban J connectivity index is 1.95. The van der Waals surface area contributed by atoms with Crippen molar-refractivity contribution >= 4 is 39.5 Å². The summed E-state index contributed by atoms with van der Waals surface area (Å²) in [6.07, 6.45) is -1.97. The number of hydrazone groups is 1. The molecule has 150 valence electrons. The predicted molar refractivity (Wildman–Crippen MR) is 101 cm³/mol. The van der Waals surface area contributed by atoms with Gasteiger partial charge in [-0.05, 0) is 43.3 Å². The Kier molecular flexibility index (Phi) is 5.72. The van der Waals surface area contributed by atoms with Crippen molar-refractivity contribution in [3.05, 3.63) is 46.8 Å². The van der Waals surface area contributed by atoms with E-state index in [-0.39, 0.29) is 16.2 Å². The molecule has 0 saturated carbocycles. The minimum absolute atomic E-state index is 0.0386. The van der Waals surface area contributed by atoms with Crippen LogP contribution in [0.1, 0.15) is 25.5 Å². The van der Waals surface area contributed by atoms with Crippen LogP contribution in [0.25, 0.3) is 0 Å². The third-order valence-electron chi connectivity index (χ3n) is 3.84. The molecule has 1 amide bonds. The van der Waals surface area contributed by atoms with E-state index in [1.807, 2.05) is 0 Å². The second-order valence-electron chi connectivity index (χ2n) is 6.38. The second-order valence-corrected chi connectivity index (χ2v) is 7.75. The molecule has 0 spiro atoms. The van der Waals surface area contributed by atoms with E-state index in [0.717, 1.165) is 11.1 Å². The zero-order chi connectivity index (χ0) is 20.6. The van der Waals surface area contributed by atoms with Crippen LogP contribution in [0, 0.1) is 5.82 Å². The molecule has 0 aromatic heterocycles. The molecule has 0 saturated heterocycles. The van der Waals surface area contributed by atoms with Gasteiger partial charge in [-0.15, -0.1) is 0 Å². The van der Waals surface area contributed by atoms with Crippen molar-refractivity contribution in [2.45, 2.75) is 38.1 Å². The minimum Gasteiger partial charge on any atom is -0.350 e. The minimum atomic E-state index is -4.61. The fraction of sp³-hybridized carbons (Fsp3) is 0.353. The third-order valence-corrected chi connectivity index (χ3v) is 5.15. The number of thioether (sulfide) groups is 1. The Morgan fingerprint density at radius 2 is 2.11 bits per heavy atom. The predicted octanol–water partition coefficient (Wildman–Crippen LogP) is 4.26. The highest BCUT2D eigenvalue weighted by Gasteiger charge is 2.48. The number of hydrogen-bond donors (Lipinski definition) is 1. The Morgan fingerprint density at radius 3 is 2.71 bits per heavy atom. The molecule has 2 atom stereocenters. The molecule has 0 fully saturated rings. The number of hydrogen-bond acceptors (Lipinski definition) is 5. The first-order valence-electron chi connectivity index (χ1n) is 8.20. The van der Waals surface area contributed by atoms with Gasteiger partial charge in [0.1, 0.15) is 11.9 Å². The van der Waals surface area contributed by atoms with Gasteiger partial charge in [0.05, 0.1) is 6.04 Å². The van der Waals surface area contributed by atoms with Crippen LogP contribution in [0.2, 0.25) is 5.02 Å². The highest BCUT2D eigenvalue weighted by Crippen LogP contribution is 2.43. The molecule has 1 N–H and O–H groups in total. The Morgan fingerprint density at radius 1 is 1.39 bits per heavy atom. The van der Waals surface area contributed by atoms with Crippen LogP contribution >= 0.6 is 23.4 Å². The summed E-state index contributed by atoms with van der Waals surface area (Å²) in [5, 5.41) is 6.47. The lowest BCUT2D eigenvalue weighted by Crippen LogP contribution is -2.31. The molecule has 2 heterocycles. The van der Waals surface area contributed by atoms with E-state index >= 15 is 0 Å². The number of alkyl halides is 3. The van der Waals surface area contributed by atoms with Crippen LogP contribution < -0.4 is 5.32 Å². The summed E-state index contributed by atoms with van der Waals surface area (Å²) < 4.78 is 52.4. The number of amidine groups is 1. The van der Waals surface area contributed by atoms with Gasteiger partial charge in [0.25, 0.3) is 0 Å². The fourth-order valence-electron chi connectivity index (χ4n) is 2.72. The zero-order valence-electron chi connectivity index (χ0n) is 14.7. The summed E-state index contributed by atoms with van der Waals surface area (Å²) in [5.74, 6) is -0.950. The van der Waals surface area contributed by atoms with E-state index in [1.165, 1.54) is 24.3 Å². The number of nitrogens with one attached hydrogen (secondary N) is 1. The molecule has 0 radical (unpaired) electrons. The molecule has 11 heteroatoms. The summed E-state index contributed by atoms with van der Waals surface area (Å²) in [6, 6.07) is 2.05. The number of rotatable bonds is 4. The van der Waals surface area contributed by atoms with Crippen LogP contribution in [0.3, 0.4) is 0 Å². The number of nitrogens with zero attached hydrogens (tertiary/aromatic N) is 3. The quantitative estimate of drug-likeness (QED) is 0.569. The van der Waals surface area contributed by atoms with Crippen LogP contribution in [0.15, 0.2) is 40.4 Å². The molecule has 1 aromatic carbocycles. The monoisotopic (exact) mass is 434 g/mol. The van der Waals surface area contributed by atoms with E-state index in [4.69, 9.17) is 11.6 Å². The third kappa shape index (κ3) is 4.33. The molecule has 1 aromatic rings. The first-order chi connectivity index (χ1) is 13.1. The molecular weight excluding hydrogens is 420 g/mol.